The molecule has 0 saturated heterocycles. The highest BCUT2D eigenvalue weighted by molar-refractivity contribution is 7.71. The average Bonchev–Trinajstić information content (AvgIpc) is 2.85. The van der Waals surface area contributed by atoms with Crippen LogP contribution in [0.1, 0.15) is 56.7 Å². The van der Waals surface area contributed by atoms with Crippen molar-refractivity contribution in [3.63, 3.8) is 0 Å². The molecule has 3 rings (SSSR count). The van der Waals surface area contributed by atoms with Crippen LogP contribution >= 0.6 is 12.2 Å². The maximum atomic E-state index is 5.36. The van der Waals surface area contributed by atoms with Crippen LogP contribution < -0.4 is 0 Å². The minimum atomic E-state index is 0.583. The maximum absolute atomic E-state index is 5.36. The minimum absolute atomic E-state index is 0.583. The summed E-state index contributed by atoms with van der Waals surface area (Å²) in [6.45, 7) is 1.51. The first kappa shape index (κ1) is 14.3. The molecule has 1 aromatic heterocycles. The number of ether oxygens (including phenoxy) is 1. The molecule has 1 heterocycles. The van der Waals surface area contributed by atoms with E-state index in [0.717, 1.165) is 29.0 Å². The molecule has 1 N–H and O–H groups in total. The summed E-state index contributed by atoms with van der Waals surface area (Å²) in [6, 6.07) is 0. The molecule has 4 nitrogen and oxygen atoms in total. The van der Waals surface area contributed by atoms with E-state index in [9.17, 15) is 0 Å². The number of fused-ring (bicyclic) bond motifs is 1. The molecule has 20 heavy (non-hydrogen) atoms. The van der Waals surface area contributed by atoms with Gasteiger partial charge in [0.25, 0.3) is 0 Å². The van der Waals surface area contributed by atoms with E-state index in [0.29, 0.717) is 12.5 Å². The van der Waals surface area contributed by atoms with Gasteiger partial charge in [-0.1, -0.05) is 25.7 Å². The van der Waals surface area contributed by atoms with Gasteiger partial charge in [-0.2, -0.15) is 5.10 Å². The van der Waals surface area contributed by atoms with Gasteiger partial charge in [0.15, 0.2) is 4.77 Å². The van der Waals surface area contributed by atoms with Gasteiger partial charge in [0, 0.05) is 19.6 Å². The van der Waals surface area contributed by atoms with Crippen LogP contribution in [0.3, 0.4) is 0 Å². The zero-order valence-corrected chi connectivity index (χ0v) is 13.1. The van der Waals surface area contributed by atoms with Crippen molar-refractivity contribution in [2.24, 2.45) is 11.8 Å². The summed E-state index contributed by atoms with van der Waals surface area (Å²) in [7, 11) is 1.73. The van der Waals surface area contributed by atoms with E-state index in [1.165, 1.54) is 44.9 Å². The van der Waals surface area contributed by atoms with Crippen LogP contribution in [0.25, 0.3) is 0 Å². The molecule has 3 atom stereocenters. The Labute approximate surface area is 125 Å². The molecular formula is C15H25N3OS. The number of aromatic nitrogens is 3. The SMILES string of the molecule is COCCn1c(C2CCC3CCCCC3C2)n[nH]c1=S. The van der Waals surface area contributed by atoms with Crippen molar-refractivity contribution in [1.29, 1.82) is 0 Å². The highest BCUT2D eigenvalue weighted by Crippen LogP contribution is 2.45. The highest BCUT2D eigenvalue weighted by atomic mass is 32.1. The van der Waals surface area contributed by atoms with Crippen LogP contribution in [0.15, 0.2) is 0 Å². The van der Waals surface area contributed by atoms with Gasteiger partial charge in [-0.3, -0.25) is 5.10 Å². The normalized spacial score (nSPS) is 30.1. The van der Waals surface area contributed by atoms with Crippen LogP contribution in [0, 0.1) is 16.6 Å². The second-order valence-electron chi connectivity index (χ2n) is 6.35. The Balaban J connectivity index is 1.74. The molecule has 2 aliphatic carbocycles. The van der Waals surface area contributed by atoms with E-state index < -0.39 is 0 Å². The number of nitrogens with zero attached hydrogens (tertiary/aromatic N) is 2. The monoisotopic (exact) mass is 295 g/mol. The van der Waals surface area contributed by atoms with Gasteiger partial charge in [-0.15, -0.1) is 0 Å². The molecule has 0 spiro atoms. The van der Waals surface area contributed by atoms with Crippen molar-refractivity contribution in [3.8, 4) is 0 Å². The van der Waals surface area contributed by atoms with Crippen LogP contribution in [0.4, 0.5) is 0 Å². The lowest BCUT2D eigenvalue weighted by Crippen LogP contribution is -2.28. The fourth-order valence-electron chi connectivity index (χ4n) is 4.15. The van der Waals surface area contributed by atoms with Crippen molar-refractivity contribution >= 4 is 12.2 Å². The second kappa shape index (κ2) is 6.39. The van der Waals surface area contributed by atoms with E-state index in [1.807, 2.05) is 0 Å². The molecule has 0 aromatic carbocycles. The number of nitrogens with one attached hydrogen (secondary N) is 1. The fourth-order valence-corrected chi connectivity index (χ4v) is 4.38. The topological polar surface area (TPSA) is 42.8 Å². The third-order valence-corrected chi connectivity index (χ3v) is 5.52. The molecule has 0 radical (unpaired) electrons. The first-order valence-electron chi connectivity index (χ1n) is 7.93. The average molecular weight is 295 g/mol. The smallest absolute Gasteiger partial charge is 0.195 e. The van der Waals surface area contributed by atoms with Crippen LogP contribution in [-0.2, 0) is 11.3 Å². The van der Waals surface area contributed by atoms with Crippen LogP contribution in [0.5, 0.6) is 0 Å². The minimum Gasteiger partial charge on any atom is -0.383 e. The van der Waals surface area contributed by atoms with Gasteiger partial charge in [-0.25, -0.2) is 0 Å². The first-order valence-corrected chi connectivity index (χ1v) is 8.34. The van der Waals surface area contributed by atoms with Crippen molar-refractivity contribution in [1.82, 2.24) is 14.8 Å². The number of H-pyrrole nitrogens is 1. The number of methoxy groups -OCH3 is 1. The molecule has 2 saturated carbocycles. The summed E-state index contributed by atoms with van der Waals surface area (Å²) in [5, 5.41) is 7.50. The van der Waals surface area contributed by atoms with E-state index in [1.54, 1.807) is 7.11 Å². The molecule has 3 unspecified atom stereocenters. The largest absolute Gasteiger partial charge is 0.383 e. The third kappa shape index (κ3) is 2.84. The predicted octanol–water partition coefficient (Wildman–Crippen LogP) is 3.66. The summed E-state index contributed by atoms with van der Waals surface area (Å²) in [4.78, 5) is 0. The Kier molecular flexibility index (Phi) is 4.56. The van der Waals surface area contributed by atoms with Crippen LogP contribution in [-0.4, -0.2) is 28.5 Å². The molecular weight excluding hydrogens is 270 g/mol. The van der Waals surface area contributed by atoms with E-state index in [-0.39, 0.29) is 0 Å². The lowest BCUT2D eigenvalue weighted by Gasteiger charge is -2.39. The highest BCUT2D eigenvalue weighted by Gasteiger charge is 2.34. The zero-order valence-electron chi connectivity index (χ0n) is 12.3. The maximum Gasteiger partial charge on any atom is 0.195 e. The molecule has 2 fully saturated rings. The van der Waals surface area contributed by atoms with Crippen molar-refractivity contribution in [2.75, 3.05) is 13.7 Å². The summed E-state index contributed by atoms with van der Waals surface area (Å²) in [5.74, 6) is 3.65. The lowest BCUT2D eigenvalue weighted by molar-refractivity contribution is 0.149. The fraction of sp³-hybridized carbons (Fsp3) is 0.867. The van der Waals surface area contributed by atoms with Gasteiger partial charge in [0.1, 0.15) is 5.82 Å². The first-order chi connectivity index (χ1) is 9.79. The van der Waals surface area contributed by atoms with Crippen molar-refractivity contribution in [3.05, 3.63) is 10.6 Å². The Hall–Kier alpha value is -0.680. The second-order valence-corrected chi connectivity index (χ2v) is 6.73. The van der Waals surface area contributed by atoms with Gasteiger partial charge >= 0.3 is 0 Å². The Morgan fingerprint density at radius 2 is 2.05 bits per heavy atom. The zero-order chi connectivity index (χ0) is 13.9. The predicted molar refractivity (Wildman–Crippen MR) is 81.3 cm³/mol. The molecule has 0 amide bonds. The van der Waals surface area contributed by atoms with Crippen LogP contribution in [0.2, 0.25) is 0 Å². The lowest BCUT2D eigenvalue weighted by atomic mass is 9.67. The van der Waals surface area contributed by atoms with Crippen molar-refractivity contribution < 1.29 is 4.74 Å². The standard InChI is InChI=1S/C15H25N3OS/c1-19-9-8-18-14(16-17-15(18)20)13-7-6-11-4-2-3-5-12(11)10-13/h11-13H,2-10H2,1H3,(H,17,20). The number of hydrogen-bond donors (Lipinski definition) is 1. The van der Waals surface area contributed by atoms with Gasteiger partial charge < -0.3 is 9.30 Å². The third-order valence-electron chi connectivity index (χ3n) is 5.21. The number of hydrogen-bond acceptors (Lipinski definition) is 3. The summed E-state index contributed by atoms with van der Waals surface area (Å²) < 4.78 is 8.07. The number of rotatable bonds is 4. The Morgan fingerprint density at radius 1 is 1.25 bits per heavy atom. The summed E-state index contributed by atoms with van der Waals surface area (Å²) >= 11 is 5.36. The molecule has 0 bridgehead atoms. The molecule has 0 aliphatic heterocycles. The van der Waals surface area contributed by atoms with Gasteiger partial charge in [-0.05, 0) is 43.3 Å². The van der Waals surface area contributed by atoms with E-state index in [4.69, 9.17) is 17.0 Å². The van der Waals surface area contributed by atoms with Crippen molar-refractivity contribution in [2.45, 2.75) is 57.4 Å². The number of aromatic amines is 1. The molecule has 2 aliphatic rings. The molecule has 1 aromatic rings. The summed E-state index contributed by atoms with van der Waals surface area (Å²) in [6.07, 6.45) is 9.69. The van der Waals surface area contributed by atoms with Gasteiger partial charge in [0.05, 0.1) is 6.61 Å². The Bertz CT molecular complexity index is 496. The quantitative estimate of drug-likeness (QED) is 0.862. The van der Waals surface area contributed by atoms with Gasteiger partial charge in [0.2, 0.25) is 0 Å². The Morgan fingerprint density at radius 3 is 2.85 bits per heavy atom. The molecule has 112 valence electrons. The van der Waals surface area contributed by atoms with E-state index in [2.05, 4.69) is 14.8 Å². The summed E-state index contributed by atoms with van der Waals surface area (Å²) in [5.41, 5.74) is 0. The molecule has 5 heteroatoms. The van der Waals surface area contributed by atoms with E-state index >= 15 is 0 Å².